The van der Waals surface area contributed by atoms with Crippen LogP contribution in [0.2, 0.25) is 0 Å². The predicted octanol–water partition coefficient (Wildman–Crippen LogP) is 1.14. The molecule has 176 valence electrons. The maximum Gasteiger partial charge on any atom is 0.254 e. The van der Waals surface area contributed by atoms with E-state index >= 15 is 0 Å². The highest BCUT2D eigenvalue weighted by atomic mass is 16.5. The molecule has 1 aromatic carbocycles. The van der Waals surface area contributed by atoms with Crippen molar-refractivity contribution in [2.24, 2.45) is 0 Å². The monoisotopic (exact) mass is 472 g/mol. The number of carbonyl (C=O) groups excluding carboxylic acids is 2. The molecule has 35 heavy (non-hydrogen) atoms. The number of aromatic nitrogens is 3. The molecule has 1 saturated heterocycles. The first kappa shape index (κ1) is 21.2. The number of nitrogens with zero attached hydrogens (tertiary/aromatic N) is 4. The molecule has 4 aromatic rings. The zero-order valence-corrected chi connectivity index (χ0v) is 18.6. The molecular formula is C24H20N6O5. The number of carbonyl (C=O) groups is 2. The van der Waals surface area contributed by atoms with Gasteiger partial charge in [0.05, 0.1) is 19.3 Å². The molecule has 2 amide bonds. The summed E-state index contributed by atoms with van der Waals surface area (Å²) in [6.45, 7) is 0.243. The van der Waals surface area contributed by atoms with E-state index in [4.69, 9.17) is 9.15 Å². The molecule has 0 radical (unpaired) electrons. The van der Waals surface area contributed by atoms with Gasteiger partial charge in [-0.1, -0.05) is 6.07 Å². The zero-order valence-electron chi connectivity index (χ0n) is 18.6. The first-order valence-corrected chi connectivity index (χ1v) is 10.9. The molecule has 0 saturated carbocycles. The summed E-state index contributed by atoms with van der Waals surface area (Å²) >= 11 is 0. The smallest absolute Gasteiger partial charge is 0.254 e. The maximum atomic E-state index is 13.2. The van der Waals surface area contributed by atoms with Crippen LogP contribution in [-0.2, 0) is 16.9 Å². The highest BCUT2D eigenvalue weighted by Crippen LogP contribution is 2.35. The van der Waals surface area contributed by atoms with E-state index in [2.05, 4.69) is 25.6 Å². The van der Waals surface area contributed by atoms with Gasteiger partial charge in [-0.2, -0.15) is 0 Å². The second-order valence-corrected chi connectivity index (χ2v) is 8.43. The molecule has 11 nitrogen and oxygen atoms in total. The normalized spacial score (nSPS) is 21.4. The van der Waals surface area contributed by atoms with Crippen molar-refractivity contribution < 1.29 is 23.8 Å². The van der Waals surface area contributed by atoms with Crippen molar-refractivity contribution in [3.63, 3.8) is 0 Å². The van der Waals surface area contributed by atoms with Gasteiger partial charge >= 0.3 is 0 Å². The fraction of sp³-hybridized carbons (Fsp3) is 0.208. The Hall–Kier alpha value is -4.35. The van der Waals surface area contributed by atoms with E-state index in [1.807, 2.05) is 6.07 Å². The van der Waals surface area contributed by atoms with Crippen molar-refractivity contribution in [2.75, 3.05) is 13.7 Å². The minimum absolute atomic E-state index is 0.0646. The van der Waals surface area contributed by atoms with Gasteiger partial charge in [-0.25, -0.2) is 15.0 Å². The molecule has 2 aliphatic heterocycles. The maximum absolute atomic E-state index is 13.2. The fourth-order valence-corrected chi connectivity index (χ4v) is 4.57. The molecule has 5 heterocycles. The largest absolute Gasteiger partial charge is 0.497 e. The molecule has 6 rings (SSSR count). The quantitative estimate of drug-likeness (QED) is 0.390. The number of methoxy groups -OCH3 is 1. The van der Waals surface area contributed by atoms with Crippen LogP contribution in [0.4, 0.5) is 0 Å². The number of benzene rings is 1. The highest BCUT2D eigenvalue weighted by molar-refractivity contribution is 6.00. The van der Waals surface area contributed by atoms with Crippen LogP contribution in [0.15, 0.2) is 59.5 Å². The summed E-state index contributed by atoms with van der Waals surface area (Å²) < 4.78 is 11.3. The fourth-order valence-electron chi connectivity index (χ4n) is 4.57. The Morgan fingerprint density at radius 3 is 2.77 bits per heavy atom. The van der Waals surface area contributed by atoms with E-state index in [0.717, 1.165) is 11.1 Å². The lowest BCUT2D eigenvalue weighted by Crippen LogP contribution is -2.53. The van der Waals surface area contributed by atoms with Gasteiger partial charge in [0.1, 0.15) is 23.4 Å². The van der Waals surface area contributed by atoms with Gasteiger partial charge in [0.2, 0.25) is 0 Å². The second kappa shape index (κ2) is 7.86. The van der Waals surface area contributed by atoms with E-state index in [0.29, 0.717) is 34.7 Å². The lowest BCUT2D eigenvalue weighted by atomic mass is 9.95. The summed E-state index contributed by atoms with van der Waals surface area (Å²) in [6, 6.07) is 10.5. The van der Waals surface area contributed by atoms with Gasteiger partial charge in [-0.15, -0.1) is 0 Å². The van der Waals surface area contributed by atoms with Gasteiger partial charge in [-0.05, 0) is 29.8 Å². The summed E-state index contributed by atoms with van der Waals surface area (Å²) in [4.78, 5) is 40.5. The van der Waals surface area contributed by atoms with E-state index in [1.165, 1.54) is 13.4 Å². The molecule has 0 aliphatic carbocycles. The third-order valence-electron chi connectivity index (χ3n) is 6.31. The minimum atomic E-state index is -1.52. The van der Waals surface area contributed by atoms with Crippen LogP contribution in [0.1, 0.15) is 21.7 Å². The lowest BCUT2D eigenvalue weighted by Gasteiger charge is -2.29. The number of aliphatic hydroxyl groups is 1. The van der Waals surface area contributed by atoms with Gasteiger partial charge < -0.3 is 24.5 Å². The lowest BCUT2D eigenvalue weighted by molar-refractivity contribution is -0.125. The summed E-state index contributed by atoms with van der Waals surface area (Å²) in [6.07, 6.45) is 3.43. The molecule has 2 atom stereocenters. The molecule has 0 bridgehead atoms. The van der Waals surface area contributed by atoms with E-state index in [-0.39, 0.29) is 18.2 Å². The Morgan fingerprint density at radius 1 is 1.20 bits per heavy atom. The Kier molecular flexibility index (Phi) is 4.76. The van der Waals surface area contributed by atoms with Crippen molar-refractivity contribution in [1.82, 2.24) is 30.5 Å². The Morgan fingerprint density at radius 2 is 2.03 bits per heavy atom. The third kappa shape index (κ3) is 3.40. The van der Waals surface area contributed by atoms with Crippen LogP contribution in [0, 0.1) is 0 Å². The van der Waals surface area contributed by atoms with Crippen LogP contribution in [0.3, 0.4) is 0 Å². The number of rotatable bonds is 5. The van der Waals surface area contributed by atoms with Crippen molar-refractivity contribution in [1.29, 1.82) is 0 Å². The van der Waals surface area contributed by atoms with Crippen molar-refractivity contribution in [3.05, 3.63) is 72.0 Å². The summed E-state index contributed by atoms with van der Waals surface area (Å²) in [7, 11) is 1.54. The van der Waals surface area contributed by atoms with E-state index < -0.39 is 17.8 Å². The molecule has 2 unspecified atom stereocenters. The Balaban J connectivity index is 1.38. The number of amides is 2. The Labute approximate surface area is 198 Å². The number of nitrogens with one attached hydrogen (secondary N) is 2. The van der Waals surface area contributed by atoms with Crippen LogP contribution in [-0.4, -0.2) is 56.8 Å². The van der Waals surface area contributed by atoms with Crippen molar-refractivity contribution in [3.8, 4) is 17.0 Å². The molecular weight excluding hydrogens is 452 g/mol. The Bertz CT molecular complexity index is 1470. The number of pyridine rings is 1. The second-order valence-electron chi connectivity index (χ2n) is 8.43. The SMILES string of the molecule is COc1ccc2c(c1)C(=O)N(CC1(c3cc4nc(-c5cncnc5)ccc4o3)NC(O)NC1=O)C2. The first-order chi connectivity index (χ1) is 17.0. The first-order valence-electron chi connectivity index (χ1n) is 10.9. The topological polar surface area (TPSA) is 143 Å². The molecule has 2 aliphatic rings. The summed E-state index contributed by atoms with van der Waals surface area (Å²) in [5.41, 5.74) is 2.16. The average molecular weight is 472 g/mol. The number of furan rings is 1. The highest BCUT2D eigenvalue weighted by Gasteiger charge is 2.52. The van der Waals surface area contributed by atoms with Gasteiger partial charge in [-0.3, -0.25) is 14.9 Å². The molecule has 3 aromatic heterocycles. The van der Waals surface area contributed by atoms with Crippen molar-refractivity contribution >= 4 is 22.9 Å². The molecule has 1 fully saturated rings. The average Bonchev–Trinajstić information content (AvgIpc) is 3.53. The number of ether oxygens (including phenoxy) is 1. The van der Waals surface area contributed by atoms with Gasteiger partial charge in [0.15, 0.2) is 17.5 Å². The number of hydrogen-bond acceptors (Lipinski definition) is 9. The minimum Gasteiger partial charge on any atom is -0.497 e. The molecule has 11 heteroatoms. The standard InChI is InChI=1S/C24H20N6O5/c1-34-15-3-2-13-10-30(21(31)16(13)6-15)11-24(22(32)28-23(33)29-24)20-7-18-19(35-20)5-4-17(27-18)14-8-25-12-26-9-14/h2-9,12,23,29,33H,10-11H2,1H3,(H,28,32). The van der Waals surface area contributed by atoms with Crippen molar-refractivity contribution in [2.45, 2.75) is 18.4 Å². The third-order valence-corrected chi connectivity index (χ3v) is 6.31. The van der Waals surface area contributed by atoms with Crippen LogP contribution in [0.25, 0.3) is 22.4 Å². The number of aliphatic hydroxyl groups excluding tert-OH is 1. The number of hydrogen-bond donors (Lipinski definition) is 3. The van der Waals surface area contributed by atoms with Gasteiger partial charge in [0, 0.05) is 36.1 Å². The van der Waals surface area contributed by atoms with E-state index in [9.17, 15) is 14.7 Å². The predicted molar refractivity (Wildman–Crippen MR) is 122 cm³/mol. The summed E-state index contributed by atoms with van der Waals surface area (Å²) in [5, 5.41) is 15.6. The van der Waals surface area contributed by atoms with Gasteiger partial charge in [0.25, 0.3) is 11.8 Å². The van der Waals surface area contributed by atoms with E-state index in [1.54, 1.807) is 47.6 Å². The number of fused-ring (bicyclic) bond motifs is 2. The van der Waals surface area contributed by atoms with Crippen LogP contribution in [0.5, 0.6) is 5.75 Å². The van der Waals surface area contributed by atoms with Crippen LogP contribution >= 0.6 is 0 Å². The molecule has 3 N–H and O–H groups in total. The summed E-state index contributed by atoms with van der Waals surface area (Å²) in [5.74, 6) is 0.0533. The molecule has 0 spiro atoms. The van der Waals surface area contributed by atoms with Crippen LogP contribution < -0.4 is 15.4 Å². The zero-order chi connectivity index (χ0) is 24.2.